The number of amides is 1. The molecule has 0 saturated carbocycles. The molecule has 5 rings (SSSR count). The number of hydrogen-bond acceptors (Lipinski definition) is 6. The van der Waals surface area contributed by atoms with Gasteiger partial charge in [-0.1, -0.05) is 24.8 Å². The Hall–Kier alpha value is -4.01. The molecule has 150 valence electrons. The second kappa shape index (κ2) is 7.11. The van der Waals surface area contributed by atoms with Gasteiger partial charge in [0.25, 0.3) is 0 Å². The summed E-state index contributed by atoms with van der Waals surface area (Å²) in [5, 5.41) is 20.1. The van der Waals surface area contributed by atoms with Crippen LogP contribution in [0.3, 0.4) is 0 Å². The van der Waals surface area contributed by atoms with Crippen molar-refractivity contribution in [3.8, 4) is 11.6 Å². The highest BCUT2D eigenvalue weighted by atomic mass is 16.5. The van der Waals surface area contributed by atoms with Crippen LogP contribution in [0, 0.1) is 6.92 Å². The van der Waals surface area contributed by atoms with Gasteiger partial charge in [0.05, 0.1) is 6.20 Å². The lowest BCUT2D eigenvalue weighted by Gasteiger charge is -2.23. The highest BCUT2D eigenvalue weighted by Gasteiger charge is 2.30. The molecule has 1 N–H and O–H groups in total. The van der Waals surface area contributed by atoms with Crippen LogP contribution >= 0.6 is 0 Å². The standard InChI is InChI=1S/C21H19N7O2/c1-3-10-30-15-6-4-14(5-7-15)16-11-20(29)23-21-17(16)12-22-28(21)19-9-8-18-25-24-13(2)27(18)26-19/h3-9,12,16H,1,10-11H2,2H3,(H,23,29)/t16-/m0/s1. The van der Waals surface area contributed by atoms with E-state index in [1.54, 1.807) is 27.5 Å². The topological polar surface area (TPSA) is 99.2 Å². The van der Waals surface area contributed by atoms with Crippen LogP contribution in [0.4, 0.5) is 5.82 Å². The molecule has 4 heterocycles. The van der Waals surface area contributed by atoms with Crippen molar-refractivity contribution in [2.24, 2.45) is 0 Å². The molecule has 1 amide bonds. The number of ether oxygens (including phenoxy) is 1. The lowest BCUT2D eigenvalue weighted by Crippen LogP contribution is -2.24. The Morgan fingerprint density at radius 3 is 2.87 bits per heavy atom. The maximum absolute atomic E-state index is 12.5. The number of nitrogens with zero attached hydrogens (tertiary/aromatic N) is 6. The quantitative estimate of drug-likeness (QED) is 0.516. The smallest absolute Gasteiger partial charge is 0.226 e. The lowest BCUT2D eigenvalue weighted by atomic mass is 9.87. The van der Waals surface area contributed by atoms with Crippen LogP contribution in [-0.4, -0.2) is 42.1 Å². The number of benzene rings is 1. The Bertz CT molecular complexity index is 1260. The number of nitrogens with one attached hydrogen (secondary N) is 1. The first kappa shape index (κ1) is 18.0. The summed E-state index contributed by atoms with van der Waals surface area (Å²) in [6.07, 6.45) is 3.84. The van der Waals surface area contributed by atoms with Crippen molar-refractivity contribution < 1.29 is 9.53 Å². The third-order valence-electron chi connectivity index (χ3n) is 5.09. The van der Waals surface area contributed by atoms with E-state index in [1.807, 2.05) is 37.3 Å². The van der Waals surface area contributed by atoms with E-state index in [2.05, 4.69) is 32.3 Å². The van der Waals surface area contributed by atoms with Gasteiger partial charge in [-0.2, -0.15) is 14.3 Å². The van der Waals surface area contributed by atoms with Crippen molar-refractivity contribution in [1.82, 2.24) is 29.6 Å². The number of carbonyl (C=O) groups is 1. The van der Waals surface area contributed by atoms with Gasteiger partial charge >= 0.3 is 0 Å². The predicted octanol–water partition coefficient (Wildman–Crippen LogP) is 2.66. The average molecular weight is 401 g/mol. The molecule has 0 radical (unpaired) electrons. The highest BCUT2D eigenvalue weighted by Crippen LogP contribution is 2.38. The van der Waals surface area contributed by atoms with Crippen LogP contribution in [0.25, 0.3) is 11.5 Å². The zero-order chi connectivity index (χ0) is 20.7. The van der Waals surface area contributed by atoms with E-state index in [9.17, 15) is 4.79 Å². The van der Waals surface area contributed by atoms with Crippen molar-refractivity contribution in [1.29, 1.82) is 0 Å². The zero-order valence-electron chi connectivity index (χ0n) is 16.3. The third kappa shape index (κ3) is 3.00. The van der Waals surface area contributed by atoms with Crippen LogP contribution in [0.1, 0.15) is 29.3 Å². The monoisotopic (exact) mass is 401 g/mol. The Morgan fingerprint density at radius 1 is 1.23 bits per heavy atom. The van der Waals surface area contributed by atoms with Gasteiger partial charge in [-0.25, -0.2) is 0 Å². The molecule has 1 atom stereocenters. The van der Waals surface area contributed by atoms with E-state index in [1.165, 1.54) is 0 Å². The Balaban J connectivity index is 1.53. The van der Waals surface area contributed by atoms with E-state index < -0.39 is 0 Å². The summed E-state index contributed by atoms with van der Waals surface area (Å²) in [4.78, 5) is 12.5. The molecular formula is C21H19N7O2. The summed E-state index contributed by atoms with van der Waals surface area (Å²) in [6, 6.07) is 11.4. The first-order chi connectivity index (χ1) is 14.6. The molecule has 9 nitrogen and oxygen atoms in total. The van der Waals surface area contributed by atoms with Gasteiger partial charge < -0.3 is 10.1 Å². The fourth-order valence-electron chi connectivity index (χ4n) is 3.64. The van der Waals surface area contributed by atoms with Crippen LogP contribution in [0.2, 0.25) is 0 Å². The first-order valence-electron chi connectivity index (χ1n) is 9.55. The second-order valence-electron chi connectivity index (χ2n) is 7.04. The maximum Gasteiger partial charge on any atom is 0.226 e. The molecule has 3 aromatic heterocycles. The van der Waals surface area contributed by atoms with Gasteiger partial charge in [-0.15, -0.1) is 15.3 Å². The Morgan fingerprint density at radius 2 is 2.07 bits per heavy atom. The second-order valence-corrected chi connectivity index (χ2v) is 7.04. The summed E-state index contributed by atoms with van der Waals surface area (Å²) in [5.74, 6) is 2.46. The van der Waals surface area contributed by atoms with Gasteiger partial charge in [-0.3, -0.25) is 4.79 Å². The number of rotatable bonds is 5. The molecule has 0 fully saturated rings. The van der Waals surface area contributed by atoms with Gasteiger partial charge in [0.15, 0.2) is 17.3 Å². The Labute approximate surface area is 172 Å². The van der Waals surface area contributed by atoms with E-state index >= 15 is 0 Å². The summed E-state index contributed by atoms with van der Waals surface area (Å²) in [5.41, 5.74) is 2.62. The van der Waals surface area contributed by atoms with Crippen molar-refractivity contribution in [2.45, 2.75) is 19.3 Å². The third-order valence-corrected chi connectivity index (χ3v) is 5.09. The lowest BCUT2D eigenvalue weighted by molar-refractivity contribution is -0.116. The predicted molar refractivity (Wildman–Crippen MR) is 110 cm³/mol. The van der Waals surface area contributed by atoms with Crippen LogP contribution in [0.5, 0.6) is 5.75 Å². The largest absolute Gasteiger partial charge is 0.490 e. The fourth-order valence-corrected chi connectivity index (χ4v) is 3.64. The van der Waals surface area contributed by atoms with E-state index in [4.69, 9.17) is 4.74 Å². The fraction of sp³-hybridized carbons (Fsp3) is 0.190. The minimum Gasteiger partial charge on any atom is -0.490 e. The van der Waals surface area contributed by atoms with Gasteiger partial charge in [0, 0.05) is 17.9 Å². The van der Waals surface area contributed by atoms with Crippen LogP contribution < -0.4 is 10.1 Å². The molecular weight excluding hydrogens is 382 g/mol. The highest BCUT2D eigenvalue weighted by molar-refractivity contribution is 5.94. The minimum absolute atomic E-state index is 0.0669. The number of carbonyl (C=O) groups excluding carboxylic acids is 1. The number of aromatic nitrogens is 6. The molecule has 0 bridgehead atoms. The molecule has 1 aliphatic rings. The van der Waals surface area contributed by atoms with Gasteiger partial charge in [-0.05, 0) is 36.8 Å². The normalized spacial score (nSPS) is 15.6. The Kier molecular flexibility index (Phi) is 4.27. The van der Waals surface area contributed by atoms with E-state index in [0.717, 1.165) is 16.9 Å². The zero-order valence-corrected chi connectivity index (χ0v) is 16.3. The molecule has 4 aromatic rings. The number of hydrogen-bond donors (Lipinski definition) is 1. The molecule has 0 aliphatic carbocycles. The SMILES string of the molecule is C=CCOc1ccc([C@@H]2CC(=O)Nc3c2cnn3-c2ccc3nnc(C)n3n2)cc1. The van der Waals surface area contributed by atoms with E-state index in [-0.39, 0.29) is 11.8 Å². The molecule has 0 saturated heterocycles. The maximum atomic E-state index is 12.5. The number of aryl methyl sites for hydroxylation is 1. The van der Waals surface area contributed by atoms with Crippen molar-refractivity contribution >= 4 is 17.4 Å². The van der Waals surface area contributed by atoms with Crippen molar-refractivity contribution in [3.05, 3.63) is 72.2 Å². The van der Waals surface area contributed by atoms with Gasteiger partial charge in [0.1, 0.15) is 18.2 Å². The molecule has 30 heavy (non-hydrogen) atoms. The molecule has 1 aromatic carbocycles. The summed E-state index contributed by atoms with van der Waals surface area (Å²) >= 11 is 0. The molecule has 1 aliphatic heterocycles. The van der Waals surface area contributed by atoms with Crippen molar-refractivity contribution in [2.75, 3.05) is 11.9 Å². The number of fused-ring (bicyclic) bond motifs is 2. The summed E-state index contributed by atoms with van der Waals surface area (Å²) < 4.78 is 8.84. The van der Waals surface area contributed by atoms with Gasteiger partial charge in [0.2, 0.25) is 5.91 Å². The minimum atomic E-state index is -0.101. The first-order valence-corrected chi connectivity index (χ1v) is 9.55. The van der Waals surface area contributed by atoms with Crippen LogP contribution in [-0.2, 0) is 4.79 Å². The van der Waals surface area contributed by atoms with E-state index in [0.29, 0.717) is 36.1 Å². The molecule has 9 heteroatoms. The summed E-state index contributed by atoms with van der Waals surface area (Å²) in [7, 11) is 0. The molecule has 0 unspecified atom stereocenters. The number of anilines is 1. The van der Waals surface area contributed by atoms with Crippen LogP contribution in [0.15, 0.2) is 55.3 Å². The average Bonchev–Trinajstić information content (AvgIpc) is 3.35. The van der Waals surface area contributed by atoms with Crippen molar-refractivity contribution in [3.63, 3.8) is 0 Å². The molecule has 0 spiro atoms. The summed E-state index contributed by atoms with van der Waals surface area (Å²) in [6.45, 7) is 5.93.